The maximum absolute atomic E-state index is 5.82. The van der Waals surface area contributed by atoms with Crippen LogP contribution in [0, 0.1) is 0 Å². The summed E-state index contributed by atoms with van der Waals surface area (Å²) in [6.45, 7) is 6.29. The Hall–Kier alpha value is -1.91. The van der Waals surface area contributed by atoms with Gasteiger partial charge in [-0.1, -0.05) is 13.3 Å². The van der Waals surface area contributed by atoms with Crippen molar-refractivity contribution in [3.05, 3.63) is 24.2 Å². The summed E-state index contributed by atoms with van der Waals surface area (Å²) in [4.78, 5) is 8.79. The number of aromatic nitrogens is 4. The number of nitrogen functional groups attached to an aromatic ring is 1. The van der Waals surface area contributed by atoms with Gasteiger partial charge in [-0.25, -0.2) is 9.97 Å². The Morgan fingerprint density at radius 3 is 2.72 bits per heavy atom. The Bertz CT molecular complexity index is 530. The van der Waals surface area contributed by atoms with Crippen LogP contribution in [0.2, 0.25) is 0 Å². The lowest BCUT2D eigenvalue weighted by Gasteiger charge is -2.04. The van der Waals surface area contributed by atoms with Crippen molar-refractivity contribution in [2.45, 2.75) is 39.7 Å². The van der Waals surface area contributed by atoms with Crippen molar-refractivity contribution in [3.8, 4) is 11.4 Å². The third-order valence-corrected chi connectivity index (χ3v) is 2.69. The zero-order valence-electron chi connectivity index (χ0n) is 11.1. The van der Waals surface area contributed by atoms with E-state index in [-0.39, 0.29) is 0 Å². The van der Waals surface area contributed by atoms with E-state index in [1.165, 1.54) is 0 Å². The molecule has 18 heavy (non-hydrogen) atoms. The zero-order valence-corrected chi connectivity index (χ0v) is 11.1. The molecule has 5 nitrogen and oxygen atoms in total. The molecule has 0 bridgehead atoms. The fourth-order valence-corrected chi connectivity index (χ4v) is 1.77. The number of hydrogen-bond donors (Lipinski definition) is 1. The molecule has 0 aromatic carbocycles. The van der Waals surface area contributed by atoms with Gasteiger partial charge in [-0.05, 0) is 20.3 Å². The van der Waals surface area contributed by atoms with E-state index in [0.717, 1.165) is 24.1 Å². The second-order valence-electron chi connectivity index (χ2n) is 4.66. The monoisotopic (exact) mass is 245 g/mol. The molecule has 96 valence electrons. The van der Waals surface area contributed by atoms with Crippen molar-refractivity contribution in [1.29, 1.82) is 0 Å². The summed E-state index contributed by atoms with van der Waals surface area (Å²) in [7, 11) is 0. The molecule has 0 spiro atoms. The average Bonchev–Trinajstić information content (AvgIpc) is 2.78. The summed E-state index contributed by atoms with van der Waals surface area (Å²) in [5.74, 6) is 1.17. The van der Waals surface area contributed by atoms with E-state index < -0.39 is 0 Å². The molecular formula is C13H19N5. The van der Waals surface area contributed by atoms with Crippen molar-refractivity contribution in [3.63, 3.8) is 0 Å². The lowest BCUT2D eigenvalue weighted by molar-refractivity contribution is 0.532. The second-order valence-corrected chi connectivity index (χ2v) is 4.66. The SMILES string of the molecule is CCCc1cc(N)nc(-c2cnn(C(C)C)c2)n1. The van der Waals surface area contributed by atoms with Crippen LogP contribution in [-0.4, -0.2) is 19.7 Å². The minimum atomic E-state index is 0.329. The van der Waals surface area contributed by atoms with E-state index in [1.807, 2.05) is 16.9 Å². The summed E-state index contributed by atoms with van der Waals surface area (Å²) in [5.41, 5.74) is 7.71. The Labute approximate surface area is 107 Å². The summed E-state index contributed by atoms with van der Waals surface area (Å²) in [5, 5.41) is 4.29. The van der Waals surface area contributed by atoms with Gasteiger partial charge in [0, 0.05) is 24.0 Å². The molecule has 0 aliphatic carbocycles. The topological polar surface area (TPSA) is 69.6 Å². The van der Waals surface area contributed by atoms with Gasteiger partial charge < -0.3 is 5.73 Å². The van der Waals surface area contributed by atoms with Crippen molar-refractivity contribution in [1.82, 2.24) is 19.7 Å². The fraction of sp³-hybridized carbons (Fsp3) is 0.462. The Morgan fingerprint density at radius 2 is 2.11 bits per heavy atom. The van der Waals surface area contributed by atoms with Crippen molar-refractivity contribution in [2.75, 3.05) is 5.73 Å². The number of rotatable bonds is 4. The normalized spacial score (nSPS) is 11.1. The Kier molecular flexibility index (Phi) is 3.60. The van der Waals surface area contributed by atoms with Gasteiger partial charge in [0.1, 0.15) is 5.82 Å². The number of hydrogen-bond acceptors (Lipinski definition) is 4. The van der Waals surface area contributed by atoms with Gasteiger partial charge in [0.15, 0.2) is 5.82 Å². The van der Waals surface area contributed by atoms with Crippen LogP contribution in [-0.2, 0) is 6.42 Å². The van der Waals surface area contributed by atoms with E-state index in [4.69, 9.17) is 5.73 Å². The molecule has 2 aromatic rings. The lowest BCUT2D eigenvalue weighted by Crippen LogP contribution is -2.01. The number of anilines is 1. The Balaban J connectivity index is 2.36. The van der Waals surface area contributed by atoms with E-state index >= 15 is 0 Å². The maximum Gasteiger partial charge on any atom is 0.164 e. The highest BCUT2D eigenvalue weighted by Crippen LogP contribution is 2.18. The van der Waals surface area contributed by atoms with Gasteiger partial charge in [0.25, 0.3) is 0 Å². The summed E-state index contributed by atoms with van der Waals surface area (Å²) in [6, 6.07) is 2.16. The quantitative estimate of drug-likeness (QED) is 0.898. The summed E-state index contributed by atoms with van der Waals surface area (Å²) in [6.07, 6.45) is 5.69. The van der Waals surface area contributed by atoms with Crippen LogP contribution in [0.4, 0.5) is 5.82 Å². The molecule has 0 fully saturated rings. The van der Waals surface area contributed by atoms with Crippen LogP contribution in [0.3, 0.4) is 0 Å². The molecule has 0 amide bonds. The highest BCUT2D eigenvalue weighted by atomic mass is 15.3. The highest BCUT2D eigenvalue weighted by molar-refractivity contribution is 5.54. The van der Waals surface area contributed by atoms with Crippen molar-refractivity contribution in [2.24, 2.45) is 0 Å². The molecule has 5 heteroatoms. The van der Waals surface area contributed by atoms with Crippen LogP contribution in [0.25, 0.3) is 11.4 Å². The molecule has 2 aromatic heterocycles. The van der Waals surface area contributed by atoms with Crippen molar-refractivity contribution < 1.29 is 0 Å². The van der Waals surface area contributed by atoms with Gasteiger partial charge >= 0.3 is 0 Å². The number of aryl methyl sites for hydroxylation is 1. The third kappa shape index (κ3) is 2.67. The molecule has 0 radical (unpaired) electrons. The molecule has 0 aliphatic rings. The van der Waals surface area contributed by atoms with Crippen LogP contribution in [0.15, 0.2) is 18.5 Å². The molecule has 0 aliphatic heterocycles. The van der Waals surface area contributed by atoms with E-state index in [9.17, 15) is 0 Å². The first-order valence-corrected chi connectivity index (χ1v) is 6.28. The van der Waals surface area contributed by atoms with E-state index in [2.05, 4.69) is 35.8 Å². The fourth-order valence-electron chi connectivity index (χ4n) is 1.77. The first-order chi connectivity index (χ1) is 8.60. The first kappa shape index (κ1) is 12.5. The molecule has 2 N–H and O–H groups in total. The first-order valence-electron chi connectivity index (χ1n) is 6.28. The Morgan fingerprint density at radius 1 is 1.33 bits per heavy atom. The maximum atomic E-state index is 5.82. The molecule has 0 unspecified atom stereocenters. The predicted octanol–water partition coefficient (Wildman–Crippen LogP) is 2.46. The largest absolute Gasteiger partial charge is 0.384 e. The number of nitrogens with two attached hydrogens (primary N) is 1. The van der Waals surface area contributed by atoms with Gasteiger partial charge in [-0.2, -0.15) is 5.10 Å². The van der Waals surface area contributed by atoms with Crippen LogP contribution >= 0.6 is 0 Å². The van der Waals surface area contributed by atoms with Crippen LogP contribution in [0.1, 0.15) is 38.9 Å². The summed E-state index contributed by atoms with van der Waals surface area (Å²) >= 11 is 0. The van der Waals surface area contributed by atoms with Gasteiger partial charge in [0.05, 0.1) is 11.8 Å². The second kappa shape index (κ2) is 5.16. The zero-order chi connectivity index (χ0) is 13.1. The highest BCUT2D eigenvalue weighted by Gasteiger charge is 2.08. The van der Waals surface area contributed by atoms with E-state index in [1.54, 1.807) is 6.20 Å². The molecule has 0 atom stereocenters. The van der Waals surface area contributed by atoms with E-state index in [0.29, 0.717) is 17.7 Å². The van der Waals surface area contributed by atoms with Gasteiger partial charge in [-0.15, -0.1) is 0 Å². The van der Waals surface area contributed by atoms with Gasteiger partial charge in [0.2, 0.25) is 0 Å². The standard InChI is InChI=1S/C13H19N5/c1-4-5-11-6-12(14)17-13(16-11)10-7-15-18(8-10)9(2)3/h6-9H,4-5H2,1-3H3,(H2,14,16,17). The van der Waals surface area contributed by atoms with Crippen LogP contribution < -0.4 is 5.73 Å². The lowest BCUT2D eigenvalue weighted by atomic mass is 10.2. The molecule has 0 saturated carbocycles. The smallest absolute Gasteiger partial charge is 0.164 e. The van der Waals surface area contributed by atoms with Crippen molar-refractivity contribution >= 4 is 5.82 Å². The molecular weight excluding hydrogens is 226 g/mol. The molecule has 2 rings (SSSR count). The van der Waals surface area contributed by atoms with Crippen LogP contribution in [0.5, 0.6) is 0 Å². The number of nitrogens with zero attached hydrogens (tertiary/aromatic N) is 4. The molecule has 2 heterocycles. The minimum Gasteiger partial charge on any atom is -0.384 e. The van der Waals surface area contributed by atoms with Gasteiger partial charge in [-0.3, -0.25) is 4.68 Å². The molecule has 0 saturated heterocycles. The predicted molar refractivity (Wildman–Crippen MR) is 72.0 cm³/mol. The average molecular weight is 245 g/mol. The summed E-state index contributed by atoms with van der Waals surface area (Å²) < 4.78 is 1.89. The minimum absolute atomic E-state index is 0.329. The third-order valence-electron chi connectivity index (χ3n) is 2.69.